The average molecular weight is 529 g/mol. The summed E-state index contributed by atoms with van der Waals surface area (Å²) in [6.45, 7) is 13.4. The zero-order valence-corrected chi connectivity index (χ0v) is 23.7. The maximum atomic E-state index is 13.6. The molecule has 1 saturated heterocycles. The van der Waals surface area contributed by atoms with Gasteiger partial charge in [0.1, 0.15) is 11.8 Å². The van der Waals surface area contributed by atoms with E-state index in [1.54, 1.807) is 11.3 Å². The van der Waals surface area contributed by atoms with Gasteiger partial charge in [0.05, 0.1) is 40.8 Å². The second kappa shape index (κ2) is 11.8. The van der Waals surface area contributed by atoms with Gasteiger partial charge in [0.25, 0.3) is 0 Å². The maximum Gasteiger partial charge on any atom is 0.243 e. The van der Waals surface area contributed by atoms with Crippen molar-refractivity contribution in [3.63, 3.8) is 0 Å². The first-order valence-corrected chi connectivity index (χ1v) is 13.7. The topological polar surface area (TPSA) is 112 Å². The fraction of sp³-hybridized carbons (Fsp3) is 0.571. The Kier molecular flexibility index (Phi) is 9.26. The van der Waals surface area contributed by atoms with Crippen molar-refractivity contribution < 1.29 is 19.5 Å². The number of aliphatic hydroxyl groups excluding tert-OH is 1. The highest BCUT2D eigenvalue weighted by Gasteiger charge is 2.44. The van der Waals surface area contributed by atoms with Gasteiger partial charge in [-0.3, -0.25) is 19.7 Å². The number of hydrogen-bond acceptors (Lipinski definition) is 7. The Hall–Kier alpha value is -2.62. The molecule has 1 aromatic heterocycles. The quantitative estimate of drug-likeness (QED) is 0.460. The number of benzene rings is 1. The lowest BCUT2D eigenvalue weighted by Gasteiger charge is -2.35. The minimum absolute atomic E-state index is 0.0168. The average Bonchev–Trinajstić information content (AvgIpc) is 3.43. The van der Waals surface area contributed by atoms with Crippen LogP contribution in [0.15, 0.2) is 29.8 Å². The van der Waals surface area contributed by atoms with Gasteiger partial charge in [-0.05, 0) is 30.4 Å². The number of aryl methyl sites for hydroxylation is 1. The zero-order chi connectivity index (χ0) is 27.5. The van der Waals surface area contributed by atoms with Crippen LogP contribution in [0.5, 0.6) is 0 Å². The van der Waals surface area contributed by atoms with E-state index in [1.807, 2.05) is 78.2 Å². The molecule has 1 aromatic carbocycles. The zero-order valence-electron chi connectivity index (χ0n) is 22.9. The van der Waals surface area contributed by atoms with E-state index >= 15 is 0 Å². The fourth-order valence-electron chi connectivity index (χ4n) is 4.54. The first-order chi connectivity index (χ1) is 17.3. The van der Waals surface area contributed by atoms with Crippen molar-refractivity contribution in [1.82, 2.24) is 20.5 Å². The summed E-state index contributed by atoms with van der Waals surface area (Å²) in [6.07, 6.45) is -0.606. The number of carbonyl (C=O) groups is 3. The molecular formula is C28H40N4O4S. The van der Waals surface area contributed by atoms with Crippen molar-refractivity contribution >= 4 is 28.9 Å². The lowest BCUT2D eigenvalue weighted by molar-refractivity contribution is -0.142. The summed E-state index contributed by atoms with van der Waals surface area (Å²) in [5.41, 5.74) is 4.34. The van der Waals surface area contributed by atoms with Crippen molar-refractivity contribution in [2.45, 2.75) is 79.1 Å². The molecule has 0 aliphatic carbocycles. The van der Waals surface area contributed by atoms with Gasteiger partial charge in [-0.25, -0.2) is 4.98 Å². The number of nitrogens with zero attached hydrogens (tertiary/aromatic N) is 2. The molecule has 0 radical (unpaired) electrons. The lowest BCUT2D eigenvalue weighted by Crippen LogP contribution is -2.57. The Labute approximate surface area is 223 Å². The van der Waals surface area contributed by atoms with Gasteiger partial charge in [-0.2, -0.15) is 0 Å². The summed E-state index contributed by atoms with van der Waals surface area (Å²) >= 11 is 1.59. The van der Waals surface area contributed by atoms with E-state index in [-0.39, 0.29) is 49.1 Å². The second-order valence-corrected chi connectivity index (χ2v) is 12.2. The van der Waals surface area contributed by atoms with Crippen LogP contribution in [-0.4, -0.2) is 63.9 Å². The molecule has 202 valence electrons. The van der Waals surface area contributed by atoms with Crippen LogP contribution in [0.2, 0.25) is 0 Å². The first-order valence-electron chi connectivity index (χ1n) is 12.8. The summed E-state index contributed by atoms with van der Waals surface area (Å²) in [7, 11) is 0. The van der Waals surface area contributed by atoms with Gasteiger partial charge >= 0.3 is 0 Å². The Morgan fingerprint density at radius 1 is 1.16 bits per heavy atom. The highest BCUT2D eigenvalue weighted by Crippen LogP contribution is 2.29. The van der Waals surface area contributed by atoms with Crippen LogP contribution in [0, 0.1) is 18.3 Å². The third-order valence-electron chi connectivity index (χ3n) is 6.88. The standard InChI is InChI=1S/C28H40N4O4S/c1-16(2)23(34)13-29-25(28(5,6)7)27(36)32-14-21(33)12-22(32)26(35)31-17(3)19-8-10-20(11-9-19)24-18(4)30-15-37-24/h8-11,15-17,21-22,25,29,33H,12-14H2,1-7H3,(H,31,35)/t17-,21+,22-,25+/m0/s1. The number of likely N-dealkylation sites (tertiary alicyclic amines) is 1. The number of aliphatic hydroxyl groups is 1. The number of ketones is 1. The monoisotopic (exact) mass is 528 g/mol. The maximum absolute atomic E-state index is 13.6. The first kappa shape index (κ1) is 28.9. The predicted octanol–water partition coefficient (Wildman–Crippen LogP) is 3.49. The molecule has 8 nitrogen and oxygen atoms in total. The van der Waals surface area contributed by atoms with E-state index in [0.717, 1.165) is 21.7 Å². The number of amides is 2. The molecule has 1 aliphatic heterocycles. The van der Waals surface area contributed by atoms with Crippen LogP contribution in [0.1, 0.15) is 65.3 Å². The Balaban J connectivity index is 1.71. The number of carbonyl (C=O) groups excluding carboxylic acids is 3. The SMILES string of the molecule is Cc1ncsc1-c1ccc([C@H](C)NC(=O)[C@@H]2C[C@@H](O)CN2C(=O)[C@@H](NCC(=O)C(C)C)C(C)(C)C)cc1. The van der Waals surface area contributed by atoms with Gasteiger partial charge in [0, 0.05) is 18.9 Å². The van der Waals surface area contributed by atoms with E-state index in [2.05, 4.69) is 15.6 Å². The second-order valence-electron chi connectivity index (χ2n) is 11.3. The molecule has 0 spiro atoms. The van der Waals surface area contributed by atoms with Crippen LogP contribution >= 0.6 is 11.3 Å². The molecule has 37 heavy (non-hydrogen) atoms. The Morgan fingerprint density at radius 3 is 2.35 bits per heavy atom. The van der Waals surface area contributed by atoms with Gasteiger partial charge in [-0.1, -0.05) is 58.9 Å². The van der Waals surface area contributed by atoms with Gasteiger partial charge in [0.15, 0.2) is 0 Å². The number of nitrogens with one attached hydrogen (secondary N) is 2. The third kappa shape index (κ3) is 7.03. The van der Waals surface area contributed by atoms with E-state index in [0.29, 0.717) is 0 Å². The molecule has 2 amide bonds. The number of aromatic nitrogens is 1. The Morgan fingerprint density at radius 2 is 1.81 bits per heavy atom. The fourth-order valence-corrected chi connectivity index (χ4v) is 5.35. The molecule has 1 fully saturated rings. The van der Waals surface area contributed by atoms with Crippen LogP contribution in [0.3, 0.4) is 0 Å². The minimum Gasteiger partial charge on any atom is -0.391 e. The summed E-state index contributed by atoms with van der Waals surface area (Å²) < 4.78 is 0. The van der Waals surface area contributed by atoms with Crippen molar-refractivity contribution in [1.29, 1.82) is 0 Å². The van der Waals surface area contributed by atoms with Gasteiger partial charge < -0.3 is 15.3 Å². The van der Waals surface area contributed by atoms with Crippen LogP contribution in [-0.2, 0) is 14.4 Å². The number of rotatable bonds is 9. The Bertz CT molecular complexity index is 1110. The molecule has 2 aromatic rings. The van der Waals surface area contributed by atoms with Crippen LogP contribution < -0.4 is 10.6 Å². The van der Waals surface area contributed by atoms with E-state index in [4.69, 9.17) is 0 Å². The highest BCUT2D eigenvalue weighted by molar-refractivity contribution is 7.13. The number of thiazole rings is 1. The van der Waals surface area contributed by atoms with Gasteiger partial charge in [0.2, 0.25) is 11.8 Å². The van der Waals surface area contributed by atoms with Gasteiger partial charge in [-0.15, -0.1) is 11.3 Å². The molecule has 2 heterocycles. The van der Waals surface area contributed by atoms with E-state index < -0.39 is 23.6 Å². The molecular weight excluding hydrogens is 488 g/mol. The minimum atomic E-state index is -0.783. The van der Waals surface area contributed by atoms with Crippen LogP contribution in [0.25, 0.3) is 10.4 Å². The number of hydrogen-bond donors (Lipinski definition) is 3. The molecule has 9 heteroatoms. The molecule has 1 aliphatic rings. The predicted molar refractivity (Wildman–Crippen MR) is 146 cm³/mol. The van der Waals surface area contributed by atoms with E-state index in [1.165, 1.54) is 4.90 Å². The molecule has 4 atom stereocenters. The van der Waals surface area contributed by atoms with Crippen molar-refractivity contribution in [3.05, 3.63) is 41.0 Å². The number of β-amino-alcohol motifs (C(OH)–C–C–N with tert-alkyl or cyclic N) is 1. The van der Waals surface area contributed by atoms with Crippen LogP contribution in [0.4, 0.5) is 0 Å². The molecule has 0 saturated carbocycles. The molecule has 3 rings (SSSR count). The summed E-state index contributed by atoms with van der Waals surface area (Å²) in [5, 5.41) is 16.5. The molecule has 0 unspecified atom stereocenters. The van der Waals surface area contributed by atoms with E-state index in [9.17, 15) is 19.5 Å². The normalized spacial score (nSPS) is 19.6. The smallest absolute Gasteiger partial charge is 0.243 e. The molecule has 0 bridgehead atoms. The third-order valence-corrected chi connectivity index (χ3v) is 7.86. The summed E-state index contributed by atoms with van der Waals surface area (Å²) in [6, 6.07) is 6.28. The van der Waals surface area contributed by atoms with Crippen molar-refractivity contribution in [2.75, 3.05) is 13.1 Å². The highest BCUT2D eigenvalue weighted by atomic mass is 32.1. The molecule has 3 N–H and O–H groups in total. The number of Topliss-reactive ketones (excluding diaryl/α,β-unsaturated/α-hetero) is 1. The van der Waals surface area contributed by atoms with Crippen molar-refractivity contribution in [3.8, 4) is 10.4 Å². The summed E-state index contributed by atoms with van der Waals surface area (Å²) in [5.74, 6) is -0.705. The lowest BCUT2D eigenvalue weighted by atomic mass is 9.85. The summed E-state index contributed by atoms with van der Waals surface area (Å²) in [4.78, 5) is 46.0. The van der Waals surface area contributed by atoms with Crippen molar-refractivity contribution in [2.24, 2.45) is 11.3 Å². The largest absolute Gasteiger partial charge is 0.391 e.